The maximum Gasteiger partial charge on any atom is 0.339 e. The molecule has 0 spiro atoms. The highest BCUT2D eigenvalue weighted by Crippen LogP contribution is 2.31. The van der Waals surface area contributed by atoms with Gasteiger partial charge in [-0.15, -0.1) is 0 Å². The van der Waals surface area contributed by atoms with Crippen LogP contribution in [0.2, 0.25) is 0 Å². The maximum atomic E-state index is 13.3. The lowest BCUT2D eigenvalue weighted by Gasteiger charge is -2.05. The Balaban J connectivity index is 1.88. The first-order valence-electron chi connectivity index (χ1n) is 6.57. The van der Waals surface area contributed by atoms with E-state index in [2.05, 4.69) is 0 Å². The van der Waals surface area contributed by atoms with Gasteiger partial charge in [0, 0.05) is 5.56 Å². The average molecular weight is 298 g/mol. The second-order valence-electron chi connectivity index (χ2n) is 4.82. The van der Waals surface area contributed by atoms with Crippen molar-refractivity contribution in [2.24, 2.45) is 0 Å². The third-order valence-corrected chi connectivity index (χ3v) is 3.41. The maximum absolute atomic E-state index is 13.3. The van der Waals surface area contributed by atoms with Crippen LogP contribution in [-0.2, 0) is 4.74 Å². The number of carboxylic acids is 1. The van der Waals surface area contributed by atoms with E-state index in [1.807, 2.05) is 6.07 Å². The Labute approximate surface area is 125 Å². The molecule has 5 heteroatoms. The molecule has 3 rings (SSSR count). The topological polar surface area (TPSA) is 63.6 Å². The number of fused-ring (bicyclic) bond motifs is 1. The predicted octanol–water partition coefficient (Wildman–Crippen LogP) is 3.45. The van der Waals surface area contributed by atoms with Crippen molar-refractivity contribution in [3.05, 3.63) is 76.6 Å². The van der Waals surface area contributed by atoms with Crippen LogP contribution in [0.3, 0.4) is 0 Å². The van der Waals surface area contributed by atoms with E-state index in [-0.39, 0.29) is 0 Å². The van der Waals surface area contributed by atoms with Gasteiger partial charge in [0.15, 0.2) is 0 Å². The quantitative estimate of drug-likeness (QED) is 0.882. The minimum absolute atomic E-state index is 0.393. The highest BCUT2D eigenvalue weighted by atomic mass is 19.1. The fraction of sp³-hybridized carbons (Fsp3) is 0.0588. The Bertz CT molecular complexity index is 795. The van der Waals surface area contributed by atoms with Gasteiger partial charge in [-0.25, -0.2) is 14.0 Å². The number of rotatable bonds is 3. The zero-order chi connectivity index (χ0) is 15.7. The van der Waals surface area contributed by atoms with Crippen LogP contribution in [0.1, 0.15) is 37.9 Å². The zero-order valence-corrected chi connectivity index (χ0v) is 11.3. The molecule has 0 bridgehead atoms. The molecule has 2 aromatic rings. The summed E-state index contributed by atoms with van der Waals surface area (Å²) in [4.78, 5) is 22.6. The van der Waals surface area contributed by atoms with Gasteiger partial charge >= 0.3 is 11.9 Å². The van der Waals surface area contributed by atoms with Crippen molar-refractivity contribution in [2.75, 3.05) is 0 Å². The van der Waals surface area contributed by atoms with Crippen molar-refractivity contribution in [3.8, 4) is 0 Å². The van der Waals surface area contributed by atoms with Gasteiger partial charge in [-0.1, -0.05) is 30.3 Å². The number of carbonyl (C=O) groups is 2. The summed E-state index contributed by atoms with van der Waals surface area (Å²) in [6.07, 6.45) is 2.72. The molecule has 0 saturated carbocycles. The number of halogens is 1. The van der Waals surface area contributed by atoms with Crippen LogP contribution in [0.25, 0.3) is 6.08 Å². The molecule has 1 unspecified atom stereocenters. The van der Waals surface area contributed by atoms with Crippen LogP contribution in [0.15, 0.2) is 48.5 Å². The zero-order valence-electron chi connectivity index (χ0n) is 11.3. The molecule has 4 nitrogen and oxygen atoms in total. The van der Waals surface area contributed by atoms with Crippen LogP contribution in [0.4, 0.5) is 4.39 Å². The second kappa shape index (κ2) is 5.44. The molecule has 1 N–H and O–H groups in total. The number of ether oxygens (including phenoxy) is 1. The average Bonchev–Trinajstić information content (AvgIpc) is 2.83. The predicted molar refractivity (Wildman–Crippen MR) is 77.0 cm³/mol. The summed E-state index contributed by atoms with van der Waals surface area (Å²) in [6, 6.07) is 10.8. The fourth-order valence-corrected chi connectivity index (χ4v) is 2.33. The lowest BCUT2D eigenvalue weighted by Crippen LogP contribution is -2.00. The van der Waals surface area contributed by atoms with Crippen LogP contribution < -0.4 is 0 Å². The number of carboxylic acid groups (broad SMARTS) is 1. The molecule has 0 aliphatic carbocycles. The fourth-order valence-electron chi connectivity index (χ4n) is 2.33. The van der Waals surface area contributed by atoms with Gasteiger partial charge < -0.3 is 9.84 Å². The van der Waals surface area contributed by atoms with E-state index in [1.54, 1.807) is 30.4 Å². The monoisotopic (exact) mass is 298 g/mol. The van der Waals surface area contributed by atoms with Crippen LogP contribution in [-0.4, -0.2) is 17.0 Å². The molecule has 1 aliphatic rings. The number of hydrogen-bond acceptors (Lipinski definition) is 3. The Morgan fingerprint density at radius 1 is 1.23 bits per heavy atom. The van der Waals surface area contributed by atoms with Crippen LogP contribution >= 0.6 is 0 Å². The minimum Gasteiger partial charge on any atom is -0.478 e. The largest absolute Gasteiger partial charge is 0.478 e. The van der Waals surface area contributed by atoms with Gasteiger partial charge in [-0.2, -0.15) is 0 Å². The summed E-state index contributed by atoms with van der Waals surface area (Å²) in [6.45, 7) is 0. The first-order valence-corrected chi connectivity index (χ1v) is 6.57. The molecular weight excluding hydrogens is 287 g/mol. The van der Waals surface area contributed by atoms with Crippen molar-refractivity contribution < 1.29 is 23.8 Å². The Morgan fingerprint density at radius 3 is 2.77 bits per heavy atom. The molecule has 0 fully saturated rings. The van der Waals surface area contributed by atoms with E-state index in [9.17, 15) is 14.0 Å². The summed E-state index contributed by atoms with van der Waals surface area (Å²) >= 11 is 0. The van der Waals surface area contributed by atoms with Gasteiger partial charge in [0.2, 0.25) is 0 Å². The van der Waals surface area contributed by atoms with Crippen molar-refractivity contribution in [3.63, 3.8) is 0 Å². The van der Waals surface area contributed by atoms with Gasteiger partial charge in [0.05, 0.1) is 11.1 Å². The number of cyclic esters (lactones) is 1. The normalized spacial score (nSPS) is 16.6. The smallest absolute Gasteiger partial charge is 0.339 e. The number of esters is 1. The molecule has 0 saturated heterocycles. The standard InChI is InChI=1S/C17H11FO4/c18-14-7-5-10(9-13(14)16(19)20)6-8-15-11-3-1-2-4-12(11)17(21)22-15/h1-9,15H,(H,19,20). The Morgan fingerprint density at radius 2 is 2.00 bits per heavy atom. The SMILES string of the molecule is O=C(O)c1cc(C=CC2OC(=O)c3ccccc32)ccc1F. The number of aromatic carboxylic acids is 1. The molecule has 1 atom stereocenters. The van der Waals surface area contributed by atoms with E-state index in [0.717, 1.165) is 11.6 Å². The number of carbonyl (C=O) groups excluding carboxylic acids is 1. The highest BCUT2D eigenvalue weighted by molar-refractivity contribution is 5.94. The van der Waals surface area contributed by atoms with Crippen molar-refractivity contribution in [2.45, 2.75) is 6.10 Å². The molecule has 0 radical (unpaired) electrons. The third-order valence-electron chi connectivity index (χ3n) is 3.41. The van der Waals surface area contributed by atoms with Crippen LogP contribution in [0.5, 0.6) is 0 Å². The lowest BCUT2D eigenvalue weighted by molar-refractivity contribution is 0.0468. The summed E-state index contributed by atoms with van der Waals surface area (Å²) in [5, 5.41) is 8.90. The minimum atomic E-state index is -1.33. The summed E-state index contributed by atoms with van der Waals surface area (Å²) in [5.74, 6) is -2.51. The highest BCUT2D eigenvalue weighted by Gasteiger charge is 2.28. The first kappa shape index (κ1) is 14.0. The van der Waals surface area contributed by atoms with Gasteiger partial charge in [-0.3, -0.25) is 0 Å². The summed E-state index contributed by atoms with van der Waals surface area (Å²) < 4.78 is 18.6. The first-order chi connectivity index (χ1) is 10.6. The number of hydrogen-bond donors (Lipinski definition) is 1. The third kappa shape index (κ3) is 2.48. The van der Waals surface area contributed by atoms with Crippen LogP contribution in [0, 0.1) is 5.82 Å². The second-order valence-corrected chi connectivity index (χ2v) is 4.82. The molecule has 110 valence electrons. The molecule has 0 amide bonds. The molecule has 0 aromatic heterocycles. The van der Waals surface area contributed by atoms with Gasteiger partial charge in [0.1, 0.15) is 11.9 Å². The Kier molecular flexibility index (Phi) is 3.47. The molecule has 1 aliphatic heterocycles. The molecule has 22 heavy (non-hydrogen) atoms. The van der Waals surface area contributed by atoms with Crippen molar-refractivity contribution in [1.82, 2.24) is 0 Å². The van der Waals surface area contributed by atoms with E-state index < -0.39 is 29.4 Å². The van der Waals surface area contributed by atoms with Crippen molar-refractivity contribution in [1.29, 1.82) is 0 Å². The van der Waals surface area contributed by atoms with E-state index in [4.69, 9.17) is 9.84 Å². The van der Waals surface area contributed by atoms with E-state index in [1.165, 1.54) is 12.1 Å². The number of benzene rings is 2. The van der Waals surface area contributed by atoms with Gasteiger partial charge in [0.25, 0.3) is 0 Å². The van der Waals surface area contributed by atoms with Crippen molar-refractivity contribution >= 4 is 18.0 Å². The van der Waals surface area contributed by atoms with E-state index >= 15 is 0 Å². The summed E-state index contributed by atoms with van der Waals surface area (Å²) in [7, 11) is 0. The lowest BCUT2D eigenvalue weighted by atomic mass is 10.0. The van der Waals surface area contributed by atoms with Gasteiger partial charge in [-0.05, 0) is 29.8 Å². The molecule has 1 heterocycles. The van der Waals surface area contributed by atoms with E-state index in [0.29, 0.717) is 11.1 Å². The molecule has 2 aromatic carbocycles. The summed E-state index contributed by atoms with van der Waals surface area (Å²) in [5.41, 5.74) is 1.39. The Hall–Kier alpha value is -2.95. The molecular formula is C17H11FO4.